The van der Waals surface area contributed by atoms with Crippen LogP contribution in [0.25, 0.3) is 0 Å². The molecule has 4 heteroatoms. The number of nitrogens with zero attached hydrogens (tertiary/aromatic N) is 1. The number of carbonyl (C=O) groups excluding carboxylic acids is 1. The molecule has 0 bridgehead atoms. The highest BCUT2D eigenvalue weighted by Crippen LogP contribution is 2.08. The van der Waals surface area contributed by atoms with Crippen LogP contribution < -0.4 is 5.73 Å². The lowest BCUT2D eigenvalue weighted by atomic mass is 10.0. The zero-order valence-electron chi connectivity index (χ0n) is 9.77. The van der Waals surface area contributed by atoms with Gasteiger partial charge in [-0.25, -0.2) is 0 Å². The second-order valence-electron chi connectivity index (χ2n) is 3.72. The number of pyridine rings is 1. The molecule has 0 saturated heterocycles. The maximum atomic E-state index is 11.5. The monoisotopic (exact) mass is 222 g/mol. The van der Waals surface area contributed by atoms with Gasteiger partial charge in [0.2, 0.25) is 0 Å². The van der Waals surface area contributed by atoms with Crippen molar-refractivity contribution in [3.05, 3.63) is 29.6 Å². The van der Waals surface area contributed by atoms with Crippen LogP contribution >= 0.6 is 0 Å². The zero-order valence-corrected chi connectivity index (χ0v) is 9.77. The van der Waals surface area contributed by atoms with E-state index < -0.39 is 0 Å². The summed E-state index contributed by atoms with van der Waals surface area (Å²) in [7, 11) is 0. The molecule has 1 atom stereocenters. The molecular weight excluding hydrogens is 204 g/mol. The predicted octanol–water partition coefficient (Wildman–Crippen LogP) is 1.07. The van der Waals surface area contributed by atoms with Gasteiger partial charge >= 0.3 is 5.97 Å². The number of hydrogen-bond acceptors (Lipinski definition) is 4. The van der Waals surface area contributed by atoms with Crippen molar-refractivity contribution in [2.45, 2.75) is 20.3 Å². The summed E-state index contributed by atoms with van der Waals surface area (Å²) in [6.07, 6.45) is 2.32. The first-order valence-electron chi connectivity index (χ1n) is 5.45. The minimum Gasteiger partial charge on any atom is -0.466 e. The largest absolute Gasteiger partial charge is 0.466 e. The Kier molecular flexibility index (Phi) is 4.92. The lowest BCUT2D eigenvalue weighted by Crippen LogP contribution is -2.28. The van der Waals surface area contributed by atoms with Gasteiger partial charge in [0.1, 0.15) is 0 Å². The van der Waals surface area contributed by atoms with Crippen LogP contribution in [0.1, 0.15) is 18.2 Å². The summed E-state index contributed by atoms with van der Waals surface area (Å²) in [5.41, 5.74) is 7.52. The normalized spacial score (nSPS) is 12.2. The summed E-state index contributed by atoms with van der Waals surface area (Å²) in [6, 6.07) is 3.89. The van der Waals surface area contributed by atoms with E-state index in [0.29, 0.717) is 13.0 Å². The summed E-state index contributed by atoms with van der Waals surface area (Å²) in [5, 5.41) is 0. The molecule has 0 aliphatic carbocycles. The first-order chi connectivity index (χ1) is 7.67. The summed E-state index contributed by atoms with van der Waals surface area (Å²) in [5.74, 6) is -0.539. The number of carbonyl (C=O) groups is 1. The number of aryl methyl sites for hydroxylation is 1. The molecule has 1 aromatic heterocycles. The molecule has 0 radical (unpaired) electrons. The number of nitrogens with two attached hydrogens (primary N) is 1. The molecule has 1 rings (SSSR count). The molecule has 0 fully saturated rings. The molecule has 1 heterocycles. The topological polar surface area (TPSA) is 65.2 Å². The predicted molar refractivity (Wildman–Crippen MR) is 61.9 cm³/mol. The highest BCUT2D eigenvalue weighted by Gasteiger charge is 2.18. The fraction of sp³-hybridized carbons (Fsp3) is 0.500. The van der Waals surface area contributed by atoms with E-state index in [1.165, 1.54) is 0 Å². The molecule has 1 unspecified atom stereocenters. The third kappa shape index (κ3) is 3.62. The Bertz CT molecular complexity index is 335. The van der Waals surface area contributed by atoms with Crippen LogP contribution in [-0.4, -0.2) is 24.1 Å². The molecule has 16 heavy (non-hydrogen) atoms. The van der Waals surface area contributed by atoms with Gasteiger partial charge in [-0.3, -0.25) is 9.78 Å². The van der Waals surface area contributed by atoms with Gasteiger partial charge < -0.3 is 10.5 Å². The Morgan fingerprint density at radius 2 is 2.31 bits per heavy atom. The SMILES string of the molecule is CCOC(=O)C(CN)Cc1ccc(C)cn1. The number of esters is 1. The molecular formula is C12H18N2O2. The third-order valence-electron chi connectivity index (χ3n) is 2.33. The second-order valence-corrected chi connectivity index (χ2v) is 3.72. The van der Waals surface area contributed by atoms with Gasteiger partial charge in [0, 0.05) is 24.9 Å². The van der Waals surface area contributed by atoms with Crippen LogP contribution in [0, 0.1) is 12.8 Å². The summed E-state index contributed by atoms with van der Waals surface area (Å²) >= 11 is 0. The van der Waals surface area contributed by atoms with Crippen LogP contribution in [-0.2, 0) is 16.0 Å². The summed E-state index contributed by atoms with van der Waals surface area (Å²) < 4.78 is 4.94. The fourth-order valence-electron chi connectivity index (χ4n) is 1.39. The van der Waals surface area contributed by atoms with E-state index >= 15 is 0 Å². The number of ether oxygens (including phenoxy) is 1. The first-order valence-corrected chi connectivity index (χ1v) is 5.45. The minimum absolute atomic E-state index is 0.243. The molecule has 88 valence electrons. The Labute approximate surface area is 95.8 Å². The van der Waals surface area contributed by atoms with Crippen LogP contribution in [0.4, 0.5) is 0 Å². The molecule has 0 amide bonds. The third-order valence-corrected chi connectivity index (χ3v) is 2.33. The lowest BCUT2D eigenvalue weighted by Gasteiger charge is -2.12. The van der Waals surface area contributed by atoms with E-state index in [4.69, 9.17) is 10.5 Å². The standard InChI is InChI=1S/C12H18N2O2/c1-3-16-12(15)10(7-13)6-11-5-4-9(2)8-14-11/h4-5,8,10H,3,6-7,13H2,1-2H3. The van der Waals surface area contributed by atoms with Gasteiger partial charge in [-0.1, -0.05) is 6.07 Å². The zero-order chi connectivity index (χ0) is 12.0. The molecule has 4 nitrogen and oxygen atoms in total. The van der Waals surface area contributed by atoms with E-state index in [-0.39, 0.29) is 18.4 Å². The van der Waals surface area contributed by atoms with Gasteiger partial charge in [-0.05, 0) is 25.5 Å². The van der Waals surface area contributed by atoms with E-state index in [2.05, 4.69) is 4.98 Å². The average molecular weight is 222 g/mol. The molecule has 2 N–H and O–H groups in total. The first kappa shape index (κ1) is 12.6. The Morgan fingerprint density at radius 3 is 2.81 bits per heavy atom. The highest BCUT2D eigenvalue weighted by atomic mass is 16.5. The van der Waals surface area contributed by atoms with E-state index in [0.717, 1.165) is 11.3 Å². The number of aromatic nitrogens is 1. The van der Waals surface area contributed by atoms with Crippen molar-refractivity contribution in [1.82, 2.24) is 4.98 Å². The molecule has 0 spiro atoms. The van der Waals surface area contributed by atoms with Crippen LogP contribution in [0.3, 0.4) is 0 Å². The average Bonchev–Trinajstić information content (AvgIpc) is 2.28. The van der Waals surface area contributed by atoms with Gasteiger partial charge in [0.25, 0.3) is 0 Å². The minimum atomic E-state index is -0.296. The van der Waals surface area contributed by atoms with Gasteiger partial charge in [0.05, 0.1) is 12.5 Å². The Morgan fingerprint density at radius 1 is 1.56 bits per heavy atom. The van der Waals surface area contributed by atoms with Crippen molar-refractivity contribution in [2.75, 3.05) is 13.2 Å². The van der Waals surface area contributed by atoms with Crippen molar-refractivity contribution in [3.8, 4) is 0 Å². The van der Waals surface area contributed by atoms with Crippen molar-refractivity contribution in [3.63, 3.8) is 0 Å². The lowest BCUT2D eigenvalue weighted by molar-refractivity contribution is -0.147. The van der Waals surface area contributed by atoms with E-state index in [1.54, 1.807) is 13.1 Å². The van der Waals surface area contributed by atoms with Gasteiger partial charge in [-0.15, -0.1) is 0 Å². The van der Waals surface area contributed by atoms with Crippen LogP contribution in [0.15, 0.2) is 18.3 Å². The maximum absolute atomic E-state index is 11.5. The van der Waals surface area contributed by atoms with Gasteiger partial charge in [-0.2, -0.15) is 0 Å². The smallest absolute Gasteiger partial charge is 0.310 e. The number of hydrogen-bond donors (Lipinski definition) is 1. The van der Waals surface area contributed by atoms with Gasteiger partial charge in [0.15, 0.2) is 0 Å². The molecule has 0 aliphatic heterocycles. The molecule has 1 aromatic rings. The van der Waals surface area contributed by atoms with E-state index in [9.17, 15) is 4.79 Å². The van der Waals surface area contributed by atoms with Crippen molar-refractivity contribution in [2.24, 2.45) is 11.7 Å². The Hall–Kier alpha value is -1.42. The summed E-state index contributed by atoms with van der Waals surface area (Å²) in [6.45, 7) is 4.43. The number of rotatable bonds is 5. The second kappa shape index (κ2) is 6.23. The van der Waals surface area contributed by atoms with Crippen LogP contribution in [0.5, 0.6) is 0 Å². The van der Waals surface area contributed by atoms with Crippen LogP contribution in [0.2, 0.25) is 0 Å². The summed E-state index contributed by atoms with van der Waals surface area (Å²) in [4.78, 5) is 15.8. The quantitative estimate of drug-likeness (QED) is 0.757. The Balaban J connectivity index is 2.62. The fourth-order valence-corrected chi connectivity index (χ4v) is 1.39. The van der Waals surface area contributed by atoms with Crippen molar-refractivity contribution in [1.29, 1.82) is 0 Å². The highest BCUT2D eigenvalue weighted by molar-refractivity contribution is 5.73. The maximum Gasteiger partial charge on any atom is 0.310 e. The van der Waals surface area contributed by atoms with Crippen molar-refractivity contribution >= 4 is 5.97 Å². The molecule has 0 aromatic carbocycles. The molecule has 0 aliphatic rings. The molecule has 0 saturated carbocycles. The van der Waals surface area contributed by atoms with E-state index in [1.807, 2.05) is 19.1 Å². The van der Waals surface area contributed by atoms with Crippen molar-refractivity contribution < 1.29 is 9.53 Å².